The van der Waals surface area contributed by atoms with Crippen molar-refractivity contribution < 1.29 is 93.6 Å². The number of nitrogens with zero attached hydrogens (tertiary/aromatic N) is 1. The first-order valence-electron chi connectivity index (χ1n) is 30.0. The minimum Gasteiger partial charge on any atom is -1.00 e. The van der Waals surface area contributed by atoms with Crippen molar-refractivity contribution in [3.8, 4) is 17.2 Å². The lowest BCUT2D eigenvalue weighted by Crippen LogP contribution is -3.00. The lowest BCUT2D eigenvalue weighted by molar-refractivity contribution is -0.946. The molecule has 482 valence electrons. The molecule has 6 fully saturated rings. The Bertz CT molecular complexity index is 3230. The van der Waals surface area contributed by atoms with Crippen molar-refractivity contribution in [3.05, 3.63) is 153 Å². The quantitative estimate of drug-likeness (QED) is 0.0133. The summed E-state index contributed by atoms with van der Waals surface area (Å²) in [6.07, 6.45) is 3.81. The van der Waals surface area contributed by atoms with Crippen LogP contribution in [-0.4, -0.2) is 141 Å². The molecule has 2 bridgehead atoms. The third-order valence-electron chi connectivity index (χ3n) is 19.8. The topological polar surface area (TPSA) is 221 Å². The van der Waals surface area contributed by atoms with Crippen LogP contribution >= 0.6 is 34.4 Å². The number of nitrogens with one attached hydrogen (secondary N) is 2. The molecule has 0 spiro atoms. The molecule has 7 N–H and O–H groups in total. The average Bonchev–Trinajstić information content (AvgIpc) is 1.65. The summed E-state index contributed by atoms with van der Waals surface area (Å²) < 4.78 is 63.2. The van der Waals surface area contributed by atoms with Gasteiger partial charge >= 0.3 is 5.97 Å². The number of aliphatic hydroxyl groups is 4. The minimum absolute atomic E-state index is 0. The second kappa shape index (κ2) is 29.0. The third-order valence-corrected chi connectivity index (χ3v) is 22.5. The molecule has 22 heteroatoms. The average molecular weight is 1350 g/mol. The predicted molar refractivity (Wildman–Crippen MR) is 334 cm³/mol. The van der Waals surface area contributed by atoms with Crippen LogP contribution in [-0.2, 0) is 35.9 Å². The van der Waals surface area contributed by atoms with Crippen LogP contribution in [0.3, 0.4) is 0 Å². The van der Waals surface area contributed by atoms with E-state index in [0.717, 1.165) is 73.9 Å². The van der Waals surface area contributed by atoms with Crippen molar-refractivity contribution in [2.75, 3.05) is 57.8 Å². The number of rotatable bonds is 20. The molecule has 5 aromatic rings. The number of thiophene rings is 2. The molecule has 0 unspecified atom stereocenters. The van der Waals surface area contributed by atoms with Gasteiger partial charge in [-0.2, -0.15) is 0 Å². The number of ether oxygens (including phenoxy) is 3. The van der Waals surface area contributed by atoms with Gasteiger partial charge in [-0.05, 0) is 140 Å². The van der Waals surface area contributed by atoms with Gasteiger partial charge in [0.1, 0.15) is 41.6 Å². The fraction of sp³-hybridized carbons (Fsp3) is 0.493. The summed E-state index contributed by atoms with van der Waals surface area (Å²) in [5.74, 6) is -1.04. The van der Waals surface area contributed by atoms with E-state index < -0.39 is 86.7 Å². The number of phenolic OH excluding ortho intramolecular Hbond substituents is 1. The molecule has 4 aliphatic carbocycles. The number of aromatic hydroxyl groups is 1. The molecule has 1 amide bonds. The Balaban J connectivity index is 0.000000173. The second-order valence-corrected chi connectivity index (χ2v) is 27.6. The molecule has 2 aromatic heterocycles. The maximum atomic E-state index is 16.9. The van der Waals surface area contributed by atoms with E-state index in [1.54, 1.807) is 33.1 Å². The fourth-order valence-electron chi connectivity index (χ4n) is 15.0. The number of anilines is 1. The summed E-state index contributed by atoms with van der Waals surface area (Å²) in [5.41, 5.74) is -6.57. The van der Waals surface area contributed by atoms with E-state index >= 15 is 8.78 Å². The van der Waals surface area contributed by atoms with Gasteiger partial charge in [0.2, 0.25) is 17.1 Å². The first-order valence-corrected chi connectivity index (χ1v) is 32.8. The number of phenols is 1. The molecule has 0 radical (unpaired) electrons. The molecule has 7 aliphatic rings. The molecule has 89 heavy (non-hydrogen) atoms. The smallest absolute Gasteiger partial charge is 0.349 e. The predicted octanol–water partition coefficient (Wildman–Crippen LogP) is 7.36. The van der Waals surface area contributed by atoms with Crippen LogP contribution in [0.25, 0.3) is 0 Å². The number of amides is 1. The van der Waals surface area contributed by atoms with Crippen molar-refractivity contribution in [1.82, 2.24) is 5.32 Å². The van der Waals surface area contributed by atoms with Gasteiger partial charge in [-0.3, -0.25) is 14.4 Å². The van der Waals surface area contributed by atoms with Crippen molar-refractivity contribution >= 4 is 63.4 Å². The standard InChI is InChI=1S/C26H30NO4S2.C22H27F3O4S.C19H24N2O4.BrH/c28-25(26(29,23-9-4-17-32-23)24-10-5-18-33-24)31-22-19-27(14-11-20(22)12-15-27)13-6-16-30-21-7-2-1-3-8-21;1-11-6-13-14-8-16(24)15-7-12(26)4-5-19(15,2)21(14,25)17(27)9-20(13,3)22(11,29)18(28)30-10-23;1-13(9-14-3-6-16(25-2)7-4-14)20-11-19(24)15-5-8-18(23)17(10-15)21-12-22;/h1-5,7-10,17-18,20,22,29H,6,11-16,19H2;4-5,7,11,13-14,16-17,27,29H,6,8-10H2,1-3H3;3-8,10,12-13,19-20,23-24H,9,11H2,1-2H3,(H,21,22);1H/q+1;;;/p-1/t20?,22-,27?;11-,13+,14+,16+,17+,19+,20+,21+,22+;13-,19+;/m011./s1. The van der Waals surface area contributed by atoms with E-state index in [-0.39, 0.29) is 65.4 Å². The number of halogens is 4. The van der Waals surface area contributed by atoms with Crippen LogP contribution < -0.4 is 37.1 Å². The molecule has 3 saturated carbocycles. The number of thioether (sulfide) groups is 1. The summed E-state index contributed by atoms with van der Waals surface area (Å²) in [6, 6.07) is 29.0. The summed E-state index contributed by atoms with van der Waals surface area (Å²) in [4.78, 5) is 49.8. The van der Waals surface area contributed by atoms with Gasteiger partial charge in [0.25, 0.3) is 0 Å². The van der Waals surface area contributed by atoms with E-state index in [4.69, 9.17) is 14.2 Å². The maximum absolute atomic E-state index is 16.9. The van der Waals surface area contributed by atoms with Gasteiger partial charge in [0.15, 0.2) is 17.6 Å². The SMILES string of the molecule is COc1ccc(C[C@@H](C)NC[C@H](O)c2ccc(O)c(NC=O)c2)cc1.C[C@@H]1C[C@H]2[C@@H]3C[C@H](F)C4=CC(=O)C=C[C@]4(C)[C@@]3(F)[C@@H](O)C[C@]2(C)[C@@]1(O)C(=O)SCF.O=C(O[C@H]1C[N+]2(CCCOc3ccccc3)CCC1CC2)C(O)(c1cccs1)c1cccs1.[Br-]. The number of esters is 1. The number of carbonyl (C=O) groups excluding carboxylic acids is 4. The number of quaternary nitrogens is 1. The van der Waals surface area contributed by atoms with Gasteiger partial charge in [-0.1, -0.05) is 80.2 Å². The summed E-state index contributed by atoms with van der Waals surface area (Å²) in [6.45, 7) is 12.0. The molecule has 15 nitrogen and oxygen atoms in total. The van der Waals surface area contributed by atoms with Crippen molar-refractivity contribution in [3.63, 3.8) is 0 Å². The Labute approximate surface area is 541 Å². The van der Waals surface area contributed by atoms with E-state index in [2.05, 4.69) is 10.6 Å². The second-order valence-electron chi connectivity index (χ2n) is 24.9. The van der Waals surface area contributed by atoms with Crippen LogP contribution in [0.5, 0.6) is 17.2 Å². The Hall–Kier alpha value is -5.40. The van der Waals surface area contributed by atoms with Gasteiger partial charge < -0.3 is 71.8 Å². The Morgan fingerprint density at radius 2 is 1.63 bits per heavy atom. The Kier molecular flexibility index (Phi) is 22.7. The lowest BCUT2D eigenvalue weighted by atomic mass is 9.44. The molecular weight excluding hydrogens is 1270 g/mol. The van der Waals surface area contributed by atoms with Crippen molar-refractivity contribution in [2.24, 2.45) is 34.5 Å². The first-order chi connectivity index (χ1) is 42.0. The highest BCUT2D eigenvalue weighted by Crippen LogP contribution is 2.71. The molecule has 12 rings (SSSR count). The molecule has 12 atom stereocenters. The number of ketones is 1. The number of carbonyl (C=O) groups is 4. The number of alkyl halides is 3. The van der Waals surface area contributed by atoms with Gasteiger partial charge in [0, 0.05) is 54.5 Å². The number of aliphatic hydroxyl groups excluding tert-OH is 2. The highest BCUT2D eigenvalue weighted by molar-refractivity contribution is 8.13. The van der Waals surface area contributed by atoms with Crippen LogP contribution in [0, 0.1) is 34.5 Å². The molecular formula is C67H81BrF3N3O12S3. The maximum Gasteiger partial charge on any atom is 0.349 e. The van der Waals surface area contributed by atoms with E-state index in [9.17, 15) is 49.1 Å². The molecule has 3 aliphatic heterocycles. The summed E-state index contributed by atoms with van der Waals surface area (Å²) in [7, 11) is 1.64. The number of allylic oxidation sites excluding steroid dienone is 4. The number of para-hydroxylation sites is 1. The summed E-state index contributed by atoms with van der Waals surface area (Å²) in [5, 5.41) is 62.8. The van der Waals surface area contributed by atoms with E-state index in [1.165, 1.54) is 53.4 Å². The highest BCUT2D eigenvalue weighted by Gasteiger charge is 2.76. The van der Waals surface area contributed by atoms with Crippen LogP contribution in [0.15, 0.2) is 132 Å². The van der Waals surface area contributed by atoms with Crippen LogP contribution in [0.4, 0.5) is 18.9 Å². The van der Waals surface area contributed by atoms with Crippen LogP contribution in [0.2, 0.25) is 0 Å². The van der Waals surface area contributed by atoms with Crippen molar-refractivity contribution in [2.45, 2.75) is 120 Å². The van der Waals surface area contributed by atoms with E-state index in [1.807, 2.05) is 96.5 Å². The molecule has 5 heterocycles. The number of piperidine rings is 3. The summed E-state index contributed by atoms with van der Waals surface area (Å²) >= 11 is 3.14. The van der Waals surface area contributed by atoms with Crippen molar-refractivity contribution in [1.29, 1.82) is 0 Å². The van der Waals surface area contributed by atoms with E-state index in [0.29, 0.717) is 52.6 Å². The zero-order chi connectivity index (χ0) is 63.2. The van der Waals surface area contributed by atoms with Gasteiger partial charge in [-0.15, -0.1) is 22.7 Å². The lowest BCUT2D eigenvalue weighted by Gasteiger charge is -2.63. The third kappa shape index (κ3) is 13.9. The largest absolute Gasteiger partial charge is 1.00 e. The fourth-order valence-corrected chi connectivity index (χ4v) is 17.4. The molecule has 3 saturated heterocycles. The normalized spacial score (nSPS) is 30.4. The van der Waals surface area contributed by atoms with Crippen LogP contribution in [0.1, 0.15) is 93.2 Å². The van der Waals surface area contributed by atoms with Gasteiger partial charge in [-0.25, -0.2) is 18.0 Å². The molecule has 3 aromatic carbocycles. The monoisotopic (exact) mass is 1350 g/mol. The number of methoxy groups -OCH3 is 1. The van der Waals surface area contributed by atoms with Gasteiger partial charge in [0.05, 0.1) is 61.0 Å². The Morgan fingerprint density at radius 1 is 0.955 bits per heavy atom. The number of hydrogen-bond donors (Lipinski definition) is 7. The highest BCUT2D eigenvalue weighted by atomic mass is 79.9. The number of hydrogen-bond acceptors (Lipinski definition) is 16. The first kappa shape index (κ1) is 69.5. The Morgan fingerprint density at radius 3 is 2.25 bits per heavy atom. The number of benzene rings is 3. The zero-order valence-electron chi connectivity index (χ0n) is 50.6. The zero-order valence-corrected chi connectivity index (χ0v) is 54.6. The minimum atomic E-state index is -2.26. The number of fused-ring (bicyclic) bond motifs is 8.